The minimum absolute atomic E-state index is 0.115. The lowest BCUT2D eigenvalue weighted by atomic mass is 9.84. The highest BCUT2D eigenvalue weighted by Crippen LogP contribution is 2.29. The van der Waals surface area contributed by atoms with E-state index in [1.165, 1.54) is 4.88 Å². The quantitative estimate of drug-likeness (QED) is 0.871. The van der Waals surface area contributed by atoms with Crippen molar-refractivity contribution in [1.29, 1.82) is 0 Å². The van der Waals surface area contributed by atoms with Crippen LogP contribution in [0, 0.1) is 5.92 Å². The van der Waals surface area contributed by atoms with Gasteiger partial charge in [-0.2, -0.15) is 0 Å². The first-order chi connectivity index (χ1) is 8.99. The van der Waals surface area contributed by atoms with Gasteiger partial charge in [-0.25, -0.2) is 0 Å². The summed E-state index contributed by atoms with van der Waals surface area (Å²) in [6.07, 6.45) is 3.73. The van der Waals surface area contributed by atoms with Crippen LogP contribution in [0.4, 0.5) is 0 Å². The second-order valence-electron chi connectivity index (χ2n) is 6.14. The van der Waals surface area contributed by atoms with E-state index in [0.717, 1.165) is 32.2 Å². The summed E-state index contributed by atoms with van der Waals surface area (Å²) in [5.41, 5.74) is 0.115. The third-order valence-electron chi connectivity index (χ3n) is 4.04. The van der Waals surface area contributed by atoms with Gasteiger partial charge in [-0.3, -0.25) is 4.79 Å². The van der Waals surface area contributed by atoms with Crippen molar-refractivity contribution in [2.75, 3.05) is 6.54 Å². The van der Waals surface area contributed by atoms with Crippen molar-refractivity contribution in [2.45, 2.75) is 51.0 Å². The van der Waals surface area contributed by atoms with E-state index >= 15 is 0 Å². The summed E-state index contributed by atoms with van der Waals surface area (Å²) in [7, 11) is 0. The fraction of sp³-hybridized carbons (Fsp3) is 0.667. The molecule has 3 nitrogen and oxygen atoms in total. The van der Waals surface area contributed by atoms with Crippen LogP contribution in [0.5, 0.6) is 0 Å². The minimum Gasteiger partial charge on any atom is -0.481 e. The molecule has 19 heavy (non-hydrogen) atoms. The highest BCUT2D eigenvalue weighted by molar-refractivity contribution is 7.10. The van der Waals surface area contributed by atoms with Gasteiger partial charge in [-0.05, 0) is 30.7 Å². The number of rotatable bonds is 5. The first-order valence-electron chi connectivity index (χ1n) is 6.99. The monoisotopic (exact) mass is 281 g/mol. The molecule has 1 aliphatic carbocycles. The van der Waals surface area contributed by atoms with E-state index in [2.05, 4.69) is 36.7 Å². The number of hydrogen-bond donors (Lipinski definition) is 2. The van der Waals surface area contributed by atoms with E-state index in [1.807, 2.05) is 0 Å². The molecule has 0 radical (unpaired) electrons. The predicted octanol–water partition coefficient (Wildman–Crippen LogP) is 3.26. The van der Waals surface area contributed by atoms with Gasteiger partial charge in [-0.1, -0.05) is 26.3 Å². The van der Waals surface area contributed by atoms with Gasteiger partial charge in [0, 0.05) is 22.9 Å². The van der Waals surface area contributed by atoms with Crippen LogP contribution < -0.4 is 5.32 Å². The second kappa shape index (κ2) is 6.06. The van der Waals surface area contributed by atoms with E-state index < -0.39 is 5.97 Å². The lowest BCUT2D eigenvalue weighted by Crippen LogP contribution is -2.42. The molecule has 1 aromatic rings. The fourth-order valence-electron chi connectivity index (χ4n) is 2.75. The highest BCUT2D eigenvalue weighted by Gasteiger charge is 2.29. The van der Waals surface area contributed by atoms with Crippen molar-refractivity contribution >= 4 is 17.3 Å². The molecule has 1 aliphatic rings. The Morgan fingerprint density at radius 2 is 2.32 bits per heavy atom. The third-order valence-corrected chi connectivity index (χ3v) is 5.28. The second-order valence-corrected chi connectivity index (χ2v) is 7.09. The summed E-state index contributed by atoms with van der Waals surface area (Å²) < 4.78 is 0. The van der Waals surface area contributed by atoms with Crippen molar-refractivity contribution < 1.29 is 9.90 Å². The maximum absolute atomic E-state index is 11.1. The van der Waals surface area contributed by atoms with Crippen LogP contribution in [0.1, 0.15) is 44.4 Å². The average Bonchev–Trinajstić information content (AvgIpc) is 2.91. The van der Waals surface area contributed by atoms with Crippen LogP contribution in [-0.4, -0.2) is 23.7 Å². The Kier molecular flexibility index (Phi) is 4.63. The summed E-state index contributed by atoms with van der Waals surface area (Å²) in [5.74, 6) is -0.792. The molecule has 0 bridgehead atoms. The molecule has 4 heteroatoms. The standard InChI is InChI=1S/C15H23NO2S/c1-15(2,13-7-4-8-19-13)10-16-12-6-3-5-11(9-12)14(17)18/h4,7-8,11-12,16H,3,5-6,9-10H2,1-2H3,(H,17,18). The van der Waals surface area contributed by atoms with Crippen LogP contribution in [0.3, 0.4) is 0 Å². The van der Waals surface area contributed by atoms with E-state index in [0.29, 0.717) is 6.04 Å². The van der Waals surface area contributed by atoms with Crippen LogP contribution in [0.2, 0.25) is 0 Å². The van der Waals surface area contributed by atoms with Crippen molar-refractivity contribution in [3.63, 3.8) is 0 Å². The largest absolute Gasteiger partial charge is 0.481 e. The normalized spacial score (nSPS) is 24.3. The molecule has 1 aromatic heterocycles. The third kappa shape index (κ3) is 3.80. The molecule has 0 spiro atoms. The molecule has 2 rings (SSSR count). The molecular weight excluding hydrogens is 258 g/mol. The van der Waals surface area contributed by atoms with E-state index in [4.69, 9.17) is 5.11 Å². The first-order valence-corrected chi connectivity index (χ1v) is 7.87. The van der Waals surface area contributed by atoms with Gasteiger partial charge in [0.15, 0.2) is 0 Å². The number of aliphatic carboxylic acids is 1. The summed E-state index contributed by atoms with van der Waals surface area (Å²) in [5, 5.41) is 14.8. The molecule has 2 unspecified atom stereocenters. The van der Waals surface area contributed by atoms with Crippen LogP contribution >= 0.6 is 11.3 Å². The smallest absolute Gasteiger partial charge is 0.306 e. The van der Waals surface area contributed by atoms with Gasteiger partial charge >= 0.3 is 5.97 Å². The average molecular weight is 281 g/mol. The van der Waals surface area contributed by atoms with E-state index in [9.17, 15) is 4.79 Å². The van der Waals surface area contributed by atoms with Gasteiger partial charge in [-0.15, -0.1) is 11.3 Å². The van der Waals surface area contributed by atoms with Gasteiger partial charge in [0.25, 0.3) is 0 Å². The Balaban J connectivity index is 1.86. The summed E-state index contributed by atoms with van der Waals surface area (Å²) in [6, 6.07) is 4.62. The number of nitrogens with one attached hydrogen (secondary N) is 1. The Hall–Kier alpha value is -0.870. The van der Waals surface area contributed by atoms with Gasteiger partial charge in [0.2, 0.25) is 0 Å². The van der Waals surface area contributed by atoms with E-state index in [1.54, 1.807) is 11.3 Å². The summed E-state index contributed by atoms with van der Waals surface area (Å²) >= 11 is 1.79. The summed E-state index contributed by atoms with van der Waals surface area (Å²) in [6.45, 7) is 5.39. The lowest BCUT2D eigenvalue weighted by Gasteiger charge is -2.31. The molecule has 2 atom stereocenters. The van der Waals surface area contributed by atoms with Gasteiger partial charge < -0.3 is 10.4 Å². The number of carbonyl (C=O) groups is 1. The number of carboxylic acid groups (broad SMARTS) is 1. The Morgan fingerprint density at radius 3 is 2.95 bits per heavy atom. The highest BCUT2D eigenvalue weighted by atomic mass is 32.1. The van der Waals surface area contributed by atoms with Crippen molar-refractivity contribution in [3.8, 4) is 0 Å². The Labute approximate surface area is 119 Å². The minimum atomic E-state index is -0.635. The predicted molar refractivity (Wildman–Crippen MR) is 78.7 cm³/mol. The number of hydrogen-bond acceptors (Lipinski definition) is 3. The first kappa shape index (κ1) is 14.5. The van der Waals surface area contributed by atoms with Gasteiger partial charge in [0.1, 0.15) is 0 Å². The SMILES string of the molecule is CC(C)(CNC1CCCC(C(=O)O)C1)c1cccs1. The molecule has 0 amide bonds. The molecule has 2 N–H and O–H groups in total. The molecule has 0 aromatic carbocycles. The Bertz CT molecular complexity index is 414. The maximum Gasteiger partial charge on any atom is 0.306 e. The van der Waals surface area contributed by atoms with Crippen LogP contribution in [0.15, 0.2) is 17.5 Å². The molecule has 106 valence electrons. The molecule has 1 saturated carbocycles. The van der Waals surface area contributed by atoms with Crippen LogP contribution in [-0.2, 0) is 10.2 Å². The van der Waals surface area contributed by atoms with Crippen molar-refractivity contribution in [3.05, 3.63) is 22.4 Å². The van der Waals surface area contributed by atoms with Gasteiger partial charge in [0.05, 0.1) is 5.92 Å². The van der Waals surface area contributed by atoms with E-state index in [-0.39, 0.29) is 11.3 Å². The lowest BCUT2D eigenvalue weighted by molar-refractivity contribution is -0.143. The zero-order valence-electron chi connectivity index (χ0n) is 11.7. The van der Waals surface area contributed by atoms with Crippen molar-refractivity contribution in [2.24, 2.45) is 5.92 Å². The Morgan fingerprint density at radius 1 is 1.53 bits per heavy atom. The fourth-order valence-corrected chi connectivity index (χ4v) is 3.60. The topological polar surface area (TPSA) is 49.3 Å². The number of carboxylic acids is 1. The molecule has 1 fully saturated rings. The zero-order valence-corrected chi connectivity index (χ0v) is 12.5. The number of thiophene rings is 1. The molecule has 0 saturated heterocycles. The molecular formula is C15H23NO2S. The molecule has 1 heterocycles. The zero-order chi connectivity index (χ0) is 13.9. The van der Waals surface area contributed by atoms with Crippen LogP contribution in [0.25, 0.3) is 0 Å². The van der Waals surface area contributed by atoms with Crippen molar-refractivity contribution in [1.82, 2.24) is 5.32 Å². The maximum atomic E-state index is 11.1. The summed E-state index contributed by atoms with van der Waals surface area (Å²) in [4.78, 5) is 12.4. The molecule has 0 aliphatic heterocycles.